The summed E-state index contributed by atoms with van der Waals surface area (Å²) in [5.41, 5.74) is 7.25. The van der Waals surface area contributed by atoms with Crippen molar-refractivity contribution in [1.29, 1.82) is 0 Å². The Bertz CT molecular complexity index is 376. The number of carbonyl (C=O) groups is 1. The molecular weight excluding hydrogens is 236 g/mol. The average molecular weight is 262 g/mol. The summed E-state index contributed by atoms with van der Waals surface area (Å²) in [4.78, 5) is 13.7. The van der Waals surface area contributed by atoms with Gasteiger partial charge in [-0.3, -0.25) is 4.79 Å². The molecule has 2 N–H and O–H groups in total. The number of hydrogen-bond acceptors (Lipinski definition) is 2. The number of amides is 1. The fourth-order valence-corrected chi connectivity index (χ4v) is 1.88. The van der Waals surface area contributed by atoms with Crippen molar-refractivity contribution in [2.24, 2.45) is 11.7 Å². The predicted molar refractivity (Wildman–Crippen MR) is 79.8 cm³/mol. The van der Waals surface area contributed by atoms with Crippen LogP contribution < -0.4 is 5.73 Å². The normalized spacial score (nSPS) is 12.5. The number of benzene rings is 1. The van der Waals surface area contributed by atoms with Crippen LogP contribution in [0.3, 0.4) is 0 Å². The zero-order valence-electron chi connectivity index (χ0n) is 12.3. The van der Waals surface area contributed by atoms with Gasteiger partial charge in [0.15, 0.2) is 0 Å². The molecule has 0 saturated heterocycles. The molecule has 19 heavy (non-hydrogen) atoms. The van der Waals surface area contributed by atoms with Gasteiger partial charge in [0.1, 0.15) is 0 Å². The van der Waals surface area contributed by atoms with E-state index in [9.17, 15) is 4.79 Å². The molecule has 0 radical (unpaired) electrons. The summed E-state index contributed by atoms with van der Waals surface area (Å²) in [6, 6.07) is 10.3. The van der Waals surface area contributed by atoms with E-state index in [0.29, 0.717) is 12.3 Å². The third kappa shape index (κ3) is 5.88. The van der Waals surface area contributed by atoms with Gasteiger partial charge in [-0.25, -0.2) is 0 Å². The van der Waals surface area contributed by atoms with Gasteiger partial charge in [0, 0.05) is 26.1 Å². The van der Waals surface area contributed by atoms with E-state index < -0.39 is 0 Å². The Labute approximate surface area is 116 Å². The number of nitrogens with zero attached hydrogens (tertiary/aromatic N) is 1. The number of rotatable bonds is 7. The summed E-state index contributed by atoms with van der Waals surface area (Å²) in [5, 5.41) is 0. The summed E-state index contributed by atoms with van der Waals surface area (Å²) in [6.45, 7) is 4.89. The van der Waals surface area contributed by atoms with E-state index in [1.807, 2.05) is 39.1 Å². The predicted octanol–water partition coefficient (Wildman–Crippen LogP) is 2.45. The maximum absolute atomic E-state index is 11.9. The Morgan fingerprint density at radius 2 is 1.89 bits per heavy atom. The first kappa shape index (κ1) is 15.7. The molecule has 0 aliphatic carbocycles. The smallest absolute Gasteiger partial charge is 0.223 e. The van der Waals surface area contributed by atoms with Crippen LogP contribution in [0.25, 0.3) is 0 Å². The van der Waals surface area contributed by atoms with Crippen molar-refractivity contribution >= 4 is 5.91 Å². The van der Waals surface area contributed by atoms with Gasteiger partial charge < -0.3 is 10.6 Å². The highest BCUT2D eigenvalue weighted by molar-refractivity contribution is 5.76. The van der Waals surface area contributed by atoms with Crippen molar-refractivity contribution < 1.29 is 4.79 Å². The molecule has 0 fully saturated rings. The third-order valence-corrected chi connectivity index (χ3v) is 3.49. The van der Waals surface area contributed by atoms with E-state index in [-0.39, 0.29) is 11.9 Å². The van der Waals surface area contributed by atoms with E-state index in [4.69, 9.17) is 5.73 Å². The average Bonchev–Trinajstić information content (AvgIpc) is 2.39. The minimum atomic E-state index is -0.0379. The highest BCUT2D eigenvalue weighted by Crippen LogP contribution is 2.07. The largest absolute Gasteiger partial charge is 0.346 e. The standard InChI is InChI=1S/C16H26N2O/c1-13(2)15(17)12-16(19)18(3)11-7-10-14-8-5-4-6-9-14/h4-6,8-9,13,15H,7,10-12,17H2,1-3H3. The first-order chi connectivity index (χ1) is 9.00. The maximum atomic E-state index is 11.9. The molecule has 3 heteroatoms. The van der Waals surface area contributed by atoms with Crippen LogP contribution in [0.2, 0.25) is 0 Å². The Balaban J connectivity index is 2.27. The molecule has 1 aromatic carbocycles. The second kappa shape index (κ2) is 7.95. The van der Waals surface area contributed by atoms with Gasteiger partial charge in [0.05, 0.1) is 0 Å². The van der Waals surface area contributed by atoms with Crippen molar-refractivity contribution in [3.8, 4) is 0 Å². The molecule has 0 aliphatic rings. The first-order valence-electron chi connectivity index (χ1n) is 7.04. The lowest BCUT2D eigenvalue weighted by molar-refractivity contribution is -0.130. The summed E-state index contributed by atoms with van der Waals surface area (Å²) in [5.74, 6) is 0.496. The second-order valence-corrected chi connectivity index (χ2v) is 5.52. The van der Waals surface area contributed by atoms with E-state index in [1.165, 1.54) is 5.56 Å². The molecular formula is C16H26N2O. The molecule has 0 aliphatic heterocycles. The second-order valence-electron chi connectivity index (χ2n) is 5.52. The van der Waals surface area contributed by atoms with Crippen LogP contribution in [0.4, 0.5) is 0 Å². The van der Waals surface area contributed by atoms with Crippen molar-refractivity contribution in [3.63, 3.8) is 0 Å². The van der Waals surface area contributed by atoms with Crippen LogP contribution >= 0.6 is 0 Å². The zero-order chi connectivity index (χ0) is 14.3. The number of carbonyl (C=O) groups excluding carboxylic acids is 1. The highest BCUT2D eigenvalue weighted by atomic mass is 16.2. The van der Waals surface area contributed by atoms with Crippen LogP contribution in [0.5, 0.6) is 0 Å². The van der Waals surface area contributed by atoms with Gasteiger partial charge in [-0.1, -0.05) is 44.2 Å². The molecule has 106 valence electrons. The third-order valence-electron chi connectivity index (χ3n) is 3.49. The van der Waals surface area contributed by atoms with Crippen molar-refractivity contribution in [3.05, 3.63) is 35.9 Å². The number of nitrogens with two attached hydrogens (primary N) is 1. The molecule has 1 aromatic rings. The van der Waals surface area contributed by atoms with E-state index in [1.54, 1.807) is 4.90 Å². The van der Waals surface area contributed by atoms with Gasteiger partial charge in [-0.15, -0.1) is 0 Å². The Morgan fingerprint density at radius 1 is 1.26 bits per heavy atom. The molecule has 0 saturated carbocycles. The number of hydrogen-bond donors (Lipinski definition) is 1. The van der Waals surface area contributed by atoms with E-state index in [2.05, 4.69) is 12.1 Å². The minimum absolute atomic E-state index is 0.0379. The van der Waals surface area contributed by atoms with Crippen molar-refractivity contribution in [2.45, 2.75) is 39.2 Å². The maximum Gasteiger partial charge on any atom is 0.223 e. The molecule has 1 amide bonds. The van der Waals surface area contributed by atoms with Gasteiger partial charge >= 0.3 is 0 Å². The zero-order valence-corrected chi connectivity index (χ0v) is 12.3. The van der Waals surface area contributed by atoms with E-state index >= 15 is 0 Å². The lowest BCUT2D eigenvalue weighted by atomic mass is 10.0. The molecule has 1 atom stereocenters. The minimum Gasteiger partial charge on any atom is -0.346 e. The summed E-state index contributed by atoms with van der Waals surface area (Å²) in [6.07, 6.45) is 2.44. The lowest BCUT2D eigenvalue weighted by Crippen LogP contribution is -2.36. The monoisotopic (exact) mass is 262 g/mol. The molecule has 0 bridgehead atoms. The van der Waals surface area contributed by atoms with E-state index in [0.717, 1.165) is 19.4 Å². The summed E-state index contributed by atoms with van der Waals surface area (Å²) in [7, 11) is 1.86. The van der Waals surface area contributed by atoms with Crippen molar-refractivity contribution in [1.82, 2.24) is 4.90 Å². The highest BCUT2D eigenvalue weighted by Gasteiger charge is 2.15. The van der Waals surface area contributed by atoms with Crippen LogP contribution in [-0.4, -0.2) is 30.4 Å². The van der Waals surface area contributed by atoms with Gasteiger partial charge in [0.2, 0.25) is 5.91 Å². The van der Waals surface area contributed by atoms with Gasteiger partial charge in [-0.05, 0) is 24.3 Å². The van der Waals surface area contributed by atoms with Crippen molar-refractivity contribution in [2.75, 3.05) is 13.6 Å². The molecule has 1 unspecified atom stereocenters. The fraction of sp³-hybridized carbons (Fsp3) is 0.562. The van der Waals surface area contributed by atoms with Crippen LogP contribution in [0, 0.1) is 5.92 Å². The fourth-order valence-electron chi connectivity index (χ4n) is 1.88. The Kier molecular flexibility index (Phi) is 6.57. The number of aryl methyl sites for hydroxylation is 1. The quantitative estimate of drug-likeness (QED) is 0.820. The summed E-state index contributed by atoms with van der Waals surface area (Å²) < 4.78 is 0. The van der Waals surface area contributed by atoms with Gasteiger partial charge in [-0.2, -0.15) is 0 Å². The molecule has 3 nitrogen and oxygen atoms in total. The topological polar surface area (TPSA) is 46.3 Å². The SMILES string of the molecule is CC(C)C(N)CC(=O)N(C)CCCc1ccccc1. The van der Waals surface area contributed by atoms with Gasteiger partial charge in [0.25, 0.3) is 0 Å². The Hall–Kier alpha value is -1.35. The lowest BCUT2D eigenvalue weighted by Gasteiger charge is -2.21. The first-order valence-corrected chi connectivity index (χ1v) is 7.04. The molecule has 1 rings (SSSR count). The van der Waals surface area contributed by atoms with Crippen LogP contribution in [-0.2, 0) is 11.2 Å². The molecule has 0 aromatic heterocycles. The Morgan fingerprint density at radius 3 is 2.47 bits per heavy atom. The van der Waals surface area contributed by atoms with Crippen LogP contribution in [0.15, 0.2) is 30.3 Å². The van der Waals surface area contributed by atoms with Crippen LogP contribution in [0.1, 0.15) is 32.3 Å². The molecule has 0 heterocycles. The summed E-state index contributed by atoms with van der Waals surface area (Å²) >= 11 is 0. The molecule has 0 spiro atoms.